The number of aliphatic hydroxyl groups is 1. The minimum absolute atomic E-state index is 0.0184. The van der Waals surface area contributed by atoms with E-state index in [1.165, 1.54) is 0 Å². The van der Waals surface area contributed by atoms with E-state index in [9.17, 15) is 5.11 Å². The van der Waals surface area contributed by atoms with E-state index in [1.54, 1.807) is 14.2 Å². The second-order valence-corrected chi connectivity index (χ2v) is 20.0. The first kappa shape index (κ1) is 40.1. The highest BCUT2D eigenvalue weighted by Crippen LogP contribution is 2.49. The molecule has 0 heterocycles. The van der Waals surface area contributed by atoms with E-state index in [-0.39, 0.29) is 24.5 Å². The van der Waals surface area contributed by atoms with Crippen molar-refractivity contribution in [2.75, 3.05) is 27.4 Å². The summed E-state index contributed by atoms with van der Waals surface area (Å²) < 4.78 is 26.9. The summed E-state index contributed by atoms with van der Waals surface area (Å²) in [5.74, 6) is 1.17. The first-order valence-electron chi connectivity index (χ1n) is 18.5. The van der Waals surface area contributed by atoms with Crippen molar-refractivity contribution in [2.24, 2.45) is 11.8 Å². The van der Waals surface area contributed by atoms with E-state index in [0.717, 1.165) is 22.3 Å². The zero-order valence-corrected chi connectivity index (χ0v) is 33.0. The molecule has 274 valence electrons. The van der Waals surface area contributed by atoms with Crippen LogP contribution in [-0.2, 0) is 14.8 Å². The van der Waals surface area contributed by atoms with Crippen molar-refractivity contribution in [2.45, 2.75) is 82.7 Å². The molecular formula is C45H60O5Si. The zero-order valence-electron chi connectivity index (χ0n) is 32.0. The number of rotatable bonds is 20. The minimum Gasteiger partial charge on any atom is -0.493 e. The highest BCUT2D eigenvalue weighted by Gasteiger charge is 2.49. The predicted molar refractivity (Wildman–Crippen MR) is 213 cm³/mol. The summed E-state index contributed by atoms with van der Waals surface area (Å²) in [7, 11) is 0.892. The van der Waals surface area contributed by atoms with Gasteiger partial charge in [-0.25, -0.2) is 0 Å². The summed E-state index contributed by atoms with van der Waals surface area (Å²) >= 11 is 0. The van der Waals surface area contributed by atoms with Gasteiger partial charge in [0.1, 0.15) is 5.60 Å². The molecule has 4 aromatic rings. The lowest BCUT2D eigenvalue weighted by atomic mass is 9.79. The Kier molecular flexibility index (Phi) is 14.7. The van der Waals surface area contributed by atoms with Crippen LogP contribution in [0.15, 0.2) is 122 Å². The van der Waals surface area contributed by atoms with E-state index in [4.69, 9.17) is 18.6 Å². The Bertz CT molecular complexity index is 1490. The number of methoxy groups -OCH3 is 2. The molecule has 0 saturated heterocycles. The Hall–Kier alpha value is -3.68. The largest absolute Gasteiger partial charge is 0.493 e. The number of aliphatic hydroxyl groups excluding tert-OH is 1. The molecule has 0 aliphatic heterocycles. The molecule has 0 saturated carbocycles. The monoisotopic (exact) mass is 708 g/mol. The highest BCUT2D eigenvalue weighted by atomic mass is 28.4. The van der Waals surface area contributed by atoms with Crippen molar-refractivity contribution >= 4 is 8.32 Å². The molecule has 0 bridgehead atoms. The summed E-state index contributed by atoms with van der Waals surface area (Å²) in [4.78, 5) is 0. The molecule has 1 N–H and O–H groups in total. The van der Waals surface area contributed by atoms with Crippen LogP contribution in [0.1, 0.15) is 82.7 Å². The Morgan fingerprint density at radius 2 is 1.16 bits per heavy atom. The van der Waals surface area contributed by atoms with Crippen LogP contribution in [0, 0.1) is 11.8 Å². The van der Waals surface area contributed by atoms with Gasteiger partial charge in [0.25, 0.3) is 0 Å². The van der Waals surface area contributed by atoms with Crippen LogP contribution in [0.2, 0.25) is 16.6 Å². The van der Waals surface area contributed by atoms with Crippen LogP contribution >= 0.6 is 0 Å². The molecule has 6 heteroatoms. The van der Waals surface area contributed by atoms with Gasteiger partial charge in [-0.15, -0.1) is 6.58 Å². The third-order valence-corrected chi connectivity index (χ3v) is 16.7. The lowest BCUT2D eigenvalue weighted by Gasteiger charge is -2.47. The van der Waals surface area contributed by atoms with Crippen molar-refractivity contribution in [3.05, 3.63) is 144 Å². The number of ether oxygens (including phenoxy) is 3. The maximum Gasteiger partial charge on any atom is 0.201 e. The molecule has 51 heavy (non-hydrogen) atoms. The summed E-state index contributed by atoms with van der Waals surface area (Å²) in [5.41, 5.74) is 4.33. The second-order valence-electron chi connectivity index (χ2n) is 14.6. The number of hydrogen-bond donors (Lipinski definition) is 1. The molecule has 0 unspecified atom stereocenters. The molecular weight excluding hydrogens is 649 g/mol. The fourth-order valence-corrected chi connectivity index (χ4v) is 13.9. The van der Waals surface area contributed by atoms with Gasteiger partial charge in [-0.1, -0.05) is 145 Å². The van der Waals surface area contributed by atoms with Crippen molar-refractivity contribution in [3.8, 4) is 11.5 Å². The van der Waals surface area contributed by atoms with E-state index in [1.807, 2.05) is 30.3 Å². The summed E-state index contributed by atoms with van der Waals surface area (Å²) in [6.45, 7) is 18.4. The Balaban J connectivity index is 1.98. The molecule has 0 fully saturated rings. The van der Waals surface area contributed by atoms with Crippen LogP contribution in [0.25, 0.3) is 0 Å². The first-order valence-corrected chi connectivity index (χ1v) is 20.6. The maximum atomic E-state index is 10.7. The second kappa shape index (κ2) is 18.7. The molecule has 3 atom stereocenters. The van der Waals surface area contributed by atoms with E-state index in [0.29, 0.717) is 47.6 Å². The summed E-state index contributed by atoms with van der Waals surface area (Å²) in [5, 5.41) is 10.7. The normalized spacial score (nSPS) is 14.0. The van der Waals surface area contributed by atoms with Gasteiger partial charge in [0.15, 0.2) is 11.5 Å². The summed E-state index contributed by atoms with van der Waals surface area (Å²) in [6, 6.07) is 37.7. The lowest BCUT2D eigenvalue weighted by molar-refractivity contribution is -0.0443. The van der Waals surface area contributed by atoms with Crippen LogP contribution < -0.4 is 9.47 Å². The molecule has 0 aliphatic rings. The van der Waals surface area contributed by atoms with Gasteiger partial charge in [0.2, 0.25) is 8.32 Å². The van der Waals surface area contributed by atoms with Gasteiger partial charge in [-0.3, -0.25) is 0 Å². The Morgan fingerprint density at radius 3 is 1.55 bits per heavy atom. The van der Waals surface area contributed by atoms with Crippen LogP contribution in [0.5, 0.6) is 11.5 Å². The van der Waals surface area contributed by atoms with Crippen LogP contribution in [0.4, 0.5) is 0 Å². The first-order chi connectivity index (χ1) is 24.6. The van der Waals surface area contributed by atoms with E-state index >= 15 is 0 Å². The van der Waals surface area contributed by atoms with Crippen LogP contribution in [0.3, 0.4) is 0 Å². The standard InChI is InChI=1S/C45H60O5Si/c1-10-20-36(31-46)29-38(44(37-27-28-42(47-8)43(30-37)48-9)50-51(33(2)3,34(4)5)35(6)7)32-49-45(39-21-14-11-15-22-39,40-23-16-12-17-24-40)41-25-18-13-19-26-41/h10-19,21-28,30,33-36,38,44,46H,1,20,29,31-32H2,2-9H3/t36-,38+,44-/m1/s1. The zero-order chi connectivity index (χ0) is 37.0. The average molecular weight is 709 g/mol. The van der Waals surface area contributed by atoms with Gasteiger partial charge in [-0.2, -0.15) is 0 Å². The molecule has 0 aliphatic carbocycles. The summed E-state index contributed by atoms with van der Waals surface area (Å²) in [6.07, 6.45) is 2.92. The highest BCUT2D eigenvalue weighted by molar-refractivity contribution is 6.77. The molecule has 0 spiro atoms. The maximum absolute atomic E-state index is 10.7. The van der Waals surface area contributed by atoms with Gasteiger partial charge in [0, 0.05) is 12.5 Å². The quantitative estimate of drug-likeness (QED) is 0.0563. The van der Waals surface area contributed by atoms with Crippen molar-refractivity contribution in [1.29, 1.82) is 0 Å². The van der Waals surface area contributed by atoms with Crippen molar-refractivity contribution in [3.63, 3.8) is 0 Å². The van der Waals surface area contributed by atoms with E-state index < -0.39 is 13.9 Å². The van der Waals surface area contributed by atoms with Crippen molar-refractivity contribution < 1.29 is 23.7 Å². The lowest BCUT2D eigenvalue weighted by Crippen LogP contribution is -2.50. The molecule has 4 rings (SSSR count). The van der Waals surface area contributed by atoms with Crippen LogP contribution in [-0.4, -0.2) is 40.9 Å². The van der Waals surface area contributed by atoms with Gasteiger partial charge >= 0.3 is 0 Å². The van der Waals surface area contributed by atoms with Gasteiger partial charge < -0.3 is 23.7 Å². The topological polar surface area (TPSA) is 57.2 Å². The number of hydrogen-bond acceptors (Lipinski definition) is 5. The average Bonchev–Trinajstić information content (AvgIpc) is 3.15. The van der Waals surface area contributed by atoms with Crippen molar-refractivity contribution in [1.82, 2.24) is 0 Å². The minimum atomic E-state index is -2.44. The smallest absolute Gasteiger partial charge is 0.201 e. The third-order valence-electron chi connectivity index (χ3n) is 10.7. The number of benzene rings is 4. The van der Waals surface area contributed by atoms with Gasteiger partial charge in [-0.05, 0) is 69.8 Å². The Labute approximate surface area is 308 Å². The molecule has 4 aromatic carbocycles. The fraction of sp³-hybridized carbons (Fsp3) is 0.422. The van der Waals surface area contributed by atoms with E-state index in [2.05, 4.69) is 133 Å². The predicted octanol–water partition coefficient (Wildman–Crippen LogP) is 11.1. The molecule has 0 aromatic heterocycles. The third kappa shape index (κ3) is 8.86. The molecule has 0 radical (unpaired) electrons. The fourth-order valence-electron chi connectivity index (χ4n) is 8.28. The SMILES string of the molecule is C=CC[C@@H](CO)C[C@@H](COC(c1ccccc1)(c1ccccc1)c1ccccc1)[C@H](O[Si](C(C)C)(C(C)C)C(C)C)c1ccc(OC)c(OC)c1. The van der Waals surface area contributed by atoms with Gasteiger partial charge in [0.05, 0.1) is 26.9 Å². The molecule has 5 nitrogen and oxygen atoms in total. The molecule has 0 amide bonds. The number of allylic oxidation sites excluding steroid dienone is 1. The Morgan fingerprint density at radius 1 is 0.686 bits per heavy atom.